The van der Waals surface area contributed by atoms with Gasteiger partial charge >= 0.3 is 12.2 Å². The maximum Gasteiger partial charge on any atom is 0.421 e. The average Bonchev–Trinajstić information content (AvgIpc) is 2.74. The molecular formula is C23H24F3N3O. The molecule has 4 nitrogen and oxygen atoms in total. The van der Waals surface area contributed by atoms with Gasteiger partial charge in [0.2, 0.25) is 0 Å². The van der Waals surface area contributed by atoms with Crippen LogP contribution in [0.25, 0.3) is 0 Å². The highest BCUT2D eigenvalue weighted by atomic mass is 19.4. The molecule has 3 rings (SSSR count). The van der Waals surface area contributed by atoms with E-state index in [0.717, 1.165) is 43.0 Å². The lowest BCUT2D eigenvalue weighted by Crippen LogP contribution is -2.13. The van der Waals surface area contributed by atoms with Gasteiger partial charge in [-0.1, -0.05) is 68.3 Å². The molecule has 0 saturated heterocycles. The quantitative estimate of drug-likeness (QED) is 0.403. The molecule has 3 aromatic rings. The summed E-state index contributed by atoms with van der Waals surface area (Å²) in [7, 11) is 0. The molecule has 0 atom stereocenters. The van der Waals surface area contributed by atoms with Crippen molar-refractivity contribution in [2.24, 2.45) is 0 Å². The molecule has 158 valence electrons. The van der Waals surface area contributed by atoms with Gasteiger partial charge in [-0.05, 0) is 30.0 Å². The number of nitrogens with one attached hydrogen (secondary N) is 1. The summed E-state index contributed by atoms with van der Waals surface area (Å²) in [6.07, 6.45) is 0.0547. The number of rotatable bonds is 9. The number of para-hydroxylation sites is 1. The lowest BCUT2D eigenvalue weighted by Gasteiger charge is -2.16. The number of hydrogen-bond acceptors (Lipinski definition) is 4. The van der Waals surface area contributed by atoms with E-state index in [-0.39, 0.29) is 18.4 Å². The fraction of sp³-hybridized carbons (Fsp3) is 0.304. The highest BCUT2D eigenvalue weighted by Gasteiger charge is 2.35. The van der Waals surface area contributed by atoms with Crippen LogP contribution in [0.5, 0.6) is 6.01 Å². The largest absolute Gasteiger partial charge is 0.459 e. The zero-order valence-electron chi connectivity index (χ0n) is 16.7. The van der Waals surface area contributed by atoms with Crippen LogP contribution in [0.3, 0.4) is 0 Å². The van der Waals surface area contributed by atoms with Gasteiger partial charge in [0.15, 0.2) is 0 Å². The van der Waals surface area contributed by atoms with Crippen molar-refractivity contribution >= 4 is 11.5 Å². The number of nitrogens with zero attached hydrogens (tertiary/aromatic N) is 2. The van der Waals surface area contributed by atoms with Gasteiger partial charge in [-0.15, -0.1) is 0 Å². The Kier molecular flexibility index (Phi) is 7.27. The lowest BCUT2D eigenvalue weighted by molar-refractivity contribution is -0.137. The zero-order valence-corrected chi connectivity index (χ0v) is 16.7. The number of unbranched alkanes of at least 4 members (excludes halogenated alkanes) is 2. The molecule has 1 heterocycles. The van der Waals surface area contributed by atoms with Crippen LogP contribution in [0, 0.1) is 0 Å². The molecule has 7 heteroatoms. The Balaban J connectivity index is 1.84. The summed E-state index contributed by atoms with van der Waals surface area (Å²) in [5, 5.41) is 2.86. The van der Waals surface area contributed by atoms with Crippen LogP contribution < -0.4 is 10.1 Å². The minimum absolute atomic E-state index is 0.113. The van der Waals surface area contributed by atoms with Crippen LogP contribution in [0.2, 0.25) is 0 Å². The summed E-state index contributed by atoms with van der Waals surface area (Å²) in [6.45, 7) is 2.27. The number of halogens is 3. The van der Waals surface area contributed by atoms with Gasteiger partial charge in [-0.3, -0.25) is 0 Å². The summed E-state index contributed by atoms with van der Waals surface area (Å²) >= 11 is 0. The van der Waals surface area contributed by atoms with Crippen LogP contribution in [-0.4, -0.2) is 9.97 Å². The maximum atomic E-state index is 13.5. The van der Waals surface area contributed by atoms with Gasteiger partial charge < -0.3 is 10.1 Å². The second-order valence-electron chi connectivity index (χ2n) is 6.93. The first kappa shape index (κ1) is 21.6. The van der Waals surface area contributed by atoms with Crippen molar-refractivity contribution in [3.63, 3.8) is 0 Å². The predicted molar refractivity (Wildman–Crippen MR) is 111 cm³/mol. The third-order valence-electron chi connectivity index (χ3n) is 4.60. The predicted octanol–water partition coefficient (Wildman–Crippen LogP) is 6.55. The standard InChI is InChI=1S/C23H24F3N3O/c1-2-3-5-12-18-13-8-9-14-20(18)28-21-19(23(24,25)26)15-27-22(29-21)30-16-17-10-6-4-7-11-17/h4,6-11,13-15H,2-3,5,12,16H2,1H3,(H,27,28,29). The first-order valence-electron chi connectivity index (χ1n) is 9.93. The summed E-state index contributed by atoms with van der Waals surface area (Å²) in [5.41, 5.74) is 1.49. The number of hydrogen-bond donors (Lipinski definition) is 1. The van der Waals surface area contributed by atoms with E-state index >= 15 is 0 Å². The van der Waals surface area contributed by atoms with Crippen molar-refractivity contribution in [3.8, 4) is 6.01 Å². The topological polar surface area (TPSA) is 47.0 Å². The smallest absolute Gasteiger partial charge is 0.421 e. The Morgan fingerprint density at radius 3 is 2.43 bits per heavy atom. The van der Waals surface area contributed by atoms with E-state index in [9.17, 15) is 13.2 Å². The van der Waals surface area contributed by atoms with Crippen molar-refractivity contribution in [2.45, 2.75) is 45.4 Å². The molecule has 0 saturated carbocycles. The molecule has 0 aliphatic heterocycles. The first-order valence-corrected chi connectivity index (χ1v) is 9.93. The molecule has 0 radical (unpaired) electrons. The van der Waals surface area contributed by atoms with Crippen LogP contribution in [0.1, 0.15) is 42.9 Å². The zero-order chi connectivity index (χ0) is 21.4. The summed E-state index contributed by atoms with van der Waals surface area (Å²) in [6, 6.07) is 16.5. The van der Waals surface area contributed by atoms with E-state index < -0.39 is 11.7 Å². The Hall–Kier alpha value is -3.09. The van der Waals surface area contributed by atoms with Crippen molar-refractivity contribution in [1.29, 1.82) is 0 Å². The molecule has 1 N–H and O–H groups in total. The molecule has 0 amide bonds. The average molecular weight is 415 g/mol. The van der Waals surface area contributed by atoms with Gasteiger partial charge in [-0.2, -0.15) is 18.2 Å². The fourth-order valence-corrected chi connectivity index (χ4v) is 3.01. The third kappa shape index (κ3) is 5.95. The van der Waals surface area contributed by atoms with Crippen LogP contribution in [-0.2, 0) is 19.2 Å². The van der Waals surface area contributed by atoms with Crippen molar-refractivity contribution < 1.29 is 17.9 Å². The first-order chi connectivity index (χ1) is 14.5. The van der Waals surface area contributed by atoms with Crippen LogP contribution in [0.4, 0.5) is 24.7 Å². The molecular weight excluding hydrogens is 391 g/mol. The summed E-state index contributed by atoms with van der Waals surface area (Å²) in [4.78, 5) is 7.77. The molecule has 0 aliphatic rings. The summed E-state index contributed by atoms with van der Waals surface area (Å²) < 4.78 is 46.1. The summed E-state index contributed by atoms with van der Waals surface area (Å²) in [5.74, 6) is -0.316. The number of aromatic nitrogens is 2. The number of benzene rings is 2. The highest BCUT2D eigenvalue weighted by molar-refractivity contribution is 5.63. The number of aryl methyl sites for hydroxylation is 1. The van der Waals surface area contributed by atoms with E-state index in [2.05, 4.69) is 22.2 Å². The van der Waals surface area contributed by atoms with Crippen molar-refractivity contribution in [2.75, 3.05) is 5.32 Å². The van der Waals surface area contributed by atoms with Crippen molar-refractivity contribution in [1.82, 2.24) is 9.97 Å². The molecule has 0 spiro atoms. The lowest BCUT2D eigenvalue weighted by atomic mass is 10.1. The fourth-order valence-electron chi connectivity index (χ4n) is 3.01. The molecule has 0 fully saturated rings. The number of ether oxygens (including phenoxy) is 1. The maximum absolute atomic E-state index is 13.5. The second kappa shape index (κ2) is 10.1. The molecule has 0 aliphatic carbocycles. The van der Waals surface area contributed by atoms with E-state index in [1.165, 1.54) is 0 Å². The normalized spacial score (nSPS) is 11.3. The molecule has 1 aromatic heterocycles. The monoisotopic (exact) mass is 415 g/mol. The van der Waals surface area contributed by atoms with Gasteiger partial charge in [0.1, 0.15) is 18.0 Å². The van der Waals surface area contributed by atoms with E-state index in [1.807, 2.05) is 42.5 Å². The van der Waals surface area contributed by atoms with Gasteiger partial charge in [-0.25, -0.2) is 4.98 Å². The van der Waals surface area contributed by atoms with E-state index in [0.29, 0.717) is 5.69 Å². The van der Waals surface area contributed by atoms with Gasteiger partial charge in [0.05, 0.1) is 0 Å². The number of alkyl halides is 3. The molecule has 30 heavy (non-hydrogen) atoms. The Labute approximate surface area is 174 Å². The van der Waals surface area contributed by atoms with E-state index in [4.69, 9.17) is 4.74 Å². The Morgan fingerprint density at radius 1 is 0.967 bits per heavy atom. The Bertz CT molecular complexity index is 946. The van der Waals surface area contributed by atoms with Crippen LogP contribution >= 0.6 is 0 Å². The minimum atomic E-state index is -4.59. The van der Waals surface area contributed by atoms with E-state index in [1.54, 1.807) is 12.1 Å². The SMILES string of the molecule is CCCCCc1ccccc1Nc1nc(OCc2ccccc2)ncc1C(F)(F)F. The van der Waals surface area contributed by atoms with Crippen molar-refractivity contribution in [3.05, 3.63) is 77.5 Å². The van der Waals surface area contributed by atoms with Gasteiger partial charge in [0.25, 0.3) is 0 Å². The highest BCUT2D eigenvalue weighted by Crippen LogP contribution is 2.36. The van der Waals surface area contributed by atoms with Gasteiger partial charge in [0, 0.05) is 11.9 Å². The minimum Gasteiger partial charge on any atom is -0.459 e. The second-order valence-corrected chi connectivity index (χ2v) is 6.93. The molecule has 0 unspecified atom stereocenters. The molecule has 2 aromatic carbocycles. The number of anilines is 2. The molecule has 0 bridgehead atoms. The van der Waals surface area contributed by atoms with Crippen LogP contribution in [0.15, 0.2) is 60.8 Å². The third-order valence-corrected chi connectivity index (χ3v) is 4.60. The Morgan fingerprint density at radius 2 is 1.70 bits per heavy atom.